The second-order valence-corrected chi connectivity index (χ2v) is 4.96. The fourth-order valence-corrected chi connectivity index (χ4v) is 2.86. The molecule has 0 aliphatic carbocycles. The Bertz CT molecular complexity index is 299. The molecule has 86 valence electrons. The quantitative estimate of drug-likeness (QED) is 0.800. The van der Waals surface area contributed by atoms with Gasteiger partial charge in [0.15, 0.2) is 0 Å². The minimum Gasteiger partial charge on any atom is -0.392 e. The van der Waals surface area contributed by atoms with E-state index in [-0.39, 0.29) is 12.1 Å². The molecule has 1 aromatic heterocycles. The minimum absolute atomic E-state index is 0.222. The Morgan fingerprint density at radius 2 is 2.27 bits per heavy atom. The molecule has 4 heteroatoms. The molecule has 0 amide bonds. The summed E-state index contributed by atoms with van der Waals surface area (Å²) in [7, 11) is 2.00. The van der Waals surface area contributed by atoms with Crippen LogP contribution in [-0.2, 0) is 0 Å². The van der Waals surface area contributed by atoms with Gasteiger partial charge in [-0.1, -0.05) is 0 Å². The number of nitrogens with zero attached hydrogens (tertiary/aromatic N) is 1. The summed E-state index contributed by atoms with van der Waals surface area (Å²) in [6, 6.07) is 2.33. The van der Waals surface area contributed by atoms with Gasteiger partial charge in [-0.15, -0.1) is 11.3 Å². The van der Waals surface area contributed by atoms with Gasteiger partial charge >= 0.3 is 0 Å². The van der Waals surface area contributed by atoms with E-state index in [1.54, 1.807) is 18.3 Å². The Morgan fingerprint density at radius 1 is 1.60 bits per heavy atom. The lowest BCUT2D eigenvalue weighted by atomic mass is 10.1. The van der Waals surface area contributed by atoms with Crippen LogP contribution in [-0.4, -0.2) is 36.2 Å². The van der Waals surface area contributed by atoms with Crippen LogP contribution in [0.4, 0.5) is 0 Å². The molecule has 0 aliphatic heterocycles. The number of aliphatic hydroxyl groups is 1. The van der Waals surface area contributed by atoms with Crippen molar-refractivity contribution >= 4 is 11.3 Å². The average molecular weight is 228 g/mol. The number of aryl methyl sites for hydroxylation is 1. The van der Waals surface area contributed by atoms with Crippen LogP contribution in [0.15, 0.2) is 11.4 Å². The zero-order chi connectivity index (χ0) is 11.4. The highest BCUT2D eigenvalue weighted by molar-refractivity contribution is 7.10. The lowest BCUT2D eigenvalue weighted by Gasteiger charge is -2.27. The number of hydrogen-bond acceptors (Lipinski definition) is 4. The van der Waals surface area contributed by atoms with E-state index in [0.29, 0.717) is 13.1 Å². The van der Waals surface area contributed by atoms with Crippen LogP contribution in [0.1, 0.15) is 23.4 Å². The number of rotatable bonds is 5. The predicted octanol–water partition coefficient (Wildman–Crippen LogP) is 1.37. The second kappa shape index (κ2) is 5.61. The van der Waals surface area contributed by atoms with E-state index in [2.05, 4.69) is 23.3 Å². The van der Waals surface area contributed by atoms with E-state index in [1.165, 1.54) is 10.4 Å². The molecule has 2 atom stereocenters. The molecule has 1 rings (SSSR count). The lowest BCUT2D eigenvalue weighted by molar-refractivity contribution is 0.120. The zero-order valence-corrected chi connectivity index (χ0v) is 10.4. The number of hydrogen-bond donors (Lipinski definition) is 2. The first-order valence-corrected chi connectivity index (χ1v) is 6.06. The highest BCUT2D eigenvalue weighted by Gasteiger charge is 2.19. The summed E-state index contributed by atoms with van der Waals surface area (Å²) in [5.74, 6) is 0. The molecule has 0 aromatic carbocycles. The van der Waals surface area contributed by atoms with Crippen molar-refractivity contribution in [1.29, 1.82) is 0 Å². The van der Waals surface area contributed by atoms with Gasteiger partial charge in [0.2, 0.25) is 0 Å². The minimum atomic E-state index is -0.315. The third kappa shape index (κ3) is 3.28. The van der Waals surface area contributed by atoms with Gasteiger partial charge in [0.25, 0.3) is 0 Å². The standard InChI is InChI=1S/C11H20N2OS/c1-8-4-5-15-11(8)10(6-12)13(3)7-9(2)14/h4-5,9-10,14H,6-7,12H2,1-3H3. The summed E-state index contributed by atoms with van der Waals surface area (Å²) in [5.41, 5.74) is 7.08. The molecule has 15 heavy (non-hydrogen) atoms. The normalized spacial score (nSPS) is 15.6. The molecule has 3 nitrogen and oxygen atoms in total. The van der Waals surface area contributed by atoms with Crippen molar-refractivity contribution < 1.29 is 5.11 Å². The average Bonchev–Trinajstić information content (AvgIpc) is 2.52. The molecule has 0 saturated heterocycles. The summed E-state index contributed by atoms with van der Waals surface area (Å²) in [4.78, 5) is 3.42. The molecule has 0 aliphatic rings. The highest BCUT2D eigenvalue weighted by Crippen LogP contribution is 2.27. The Hall–Kier alpha value is -0.420. The Balaban J connectivity index is 2.75. The van der Waals surface area contributed by atoms with E-state index in [9.17, 15) is 5.11 Å². The molecular formula is C11H20N2OS. The number of thiophene rings is 1. The molecule has 0 saturated carbocycles. The molecular weight excluding hydrogens is 208 g/mol. The topological polar surface area (TPSA) is 49.5 Å². The number of nitrogens with two attached hydrogens (primary N) is 1. The molecule has 0 fully saturated rings. The lowest BCUT2D eigenvalue weighted by Crippen LogP contribution is -2.35. The van der Waals surface area contributed by atoms with Crippen molar-refractivity contribution in [1.82, 2.24) is 4.90 Å². The summed E-state index contributed by atoms with van der Waals surface area (Å²) in [5, 5.41) is 11.4. The Kier molecular flexibility index (Phi) is 4.73. The summed E-state index contributed by atoms with van der Waals surface area (Å²) >= 11 is 1.73. The highest BCUT2D eigenvalue weighted by atomic mass is 32.1. The van der Waals surface area contributed by atoms with Gasteiger partial charge in [0.05, 0.1) is 12.1 Å². The Labute approximate surface area is 95.5 Å². The van der Waals surface area contributed by atoms with Crippen molar-refractivity contribution in [2.24, 2.45) is 5.73 Å². The van der Waals surface area contributed by atoms with Crippen LogP contribution in [0, 0.1) is 6.92 Å². The van der Waals surface area contributed by atoms with E-state index in [0.717, 1.165) is 0 Å². The van der Waals surface area contributed by atoms with Gasteiger partial charge in [0.1, 0.15) is 0 Å². The first kappa shape index (κ1) is 12.6. The summed E-state index contributed by atoms with van der Waals surface area (Å²) in [6.07, 6.45) is -0.315. The molecule has 1 heterocycles. The van der Waals surface area contributed by atoms with Crippen LogP contribution in [0.3, 0.4) is 0 Å². The van der Waals surface area contributed by atoms with Crippen molar-refractivity contribution in [2.75, 3.05) is 20.1 Å². The zero-order valence-electron chi connectivity index (χ0n) is 9.60. The van der Waals surface area contributed by atoms with Crippen molar-refractivity contribution in [3.63, 3.8) is 0 Å². The van der Waals surface area contributed by atoms with Crippen LogP contribution < -0.4 is 5.73 Å². The van der Waals surface area contributed by atoms with Crippen molar-refractivity contribution in [3.8, 4) is 0 Å². The molecule has 0 spiro atoms. The fourth-order valence-electron chi connectivity index (χ4n) is 1.76. The fraction of sp³-hybridized carbons (Fsp3) is 0.636. The first-order valence-electron chi connectivity index (χ1n) is 5.18. The van der Waals surface area contributed by atoms with Gasteiger partial charge in [-0.3, -0.25) is 4.90 Å². The largest absolute Gasteiger partial charge is 0.392 e. The van der Waals surface area contributed by atoms with Gasteiger partial charge < -0.3 is 10.8 Å². The summed E-state index contributed by atoms with van der Waals surface area (Å²) < 4.78 is 0. The molecule has 0 radical (unpaired) electrons. The third-order valence-corrected chi connectivity index (χ3v) is 3.63. The molecule has 3 N–H and O–H groups in total. The Morgan fingerprint density at radius 3 is 2.67 bits per heavy atom. The maximum Gasteiger partial charge on any atom is 0.0639 e. The molecule has 1 aromatic rings. The maximum atomic E-state index is 9.35. The molecule has 2 unspecified atom stereocenters. The van der Waals surface area contributed by atoms with Crippen LogP contribution in [0.5, 0.6) is 0 Å². The van der Waals surface area contributed by atoms with Crippen LogP contribution in [0.2, 0.25) is 0 Å². The SMILES string of the molecule is Cc1ccsc1C(CN)N(C)CC(C)O. The van der Waals surface area contributed by atoms with Crippen LogP contribution >= 0.6 is 11.3 Å². The van der Waals surface area contributed by atoms with E-state index < -0.39 is 0 Å². The van der Waals surface area contributed by atoms with E-state index in [4.69, 9.17) is 5.73 Å². The third-order valence-electron chi connectivity index (χ3n) is 2.51. The van der Waals surface area contributed by atoms with Gasteiger partial charge in [0, 0.05) is 18.0 Å². The van der Waals surface area contributed by atoms with Gasteiger partial charge in [-0.2, -0.15) is 0 Å². The van der Waals surface area contributed by atoms with Gasteiger partial charge in [-0.25, -0.2) is 0 Å². The smallest absolute Gasteiger partial charge is 0.0639 e. The van der Waals surface area contributed by atoms with Gasteiger partial charge in [-0.05, 0) is 37.9 Å². The van der Waals surface area contributed by atoms with Crippen molar-refractivity contribution in [3.05, 3.63) is 21.9 Å². The monoisotopic (exact) mass is 228 g/mol. The maximum absolute atomic E-state index is 9.35. The van der Waals surface area contributed by atoms with Crippen molar-refractivity contribution in [2.45, 2.75) is 26.0 Å². The second-order valence-electron chi connectivity index (χ2n) is 4.01. The number of likely N-dealkylation sites (N-methyl/N-ethyl adjacent to an activating group) is 1. The first-order chi connectivity index (χ1) is 7.06. The van der Waals surface area contributed by atoms with E-state index in [1.807, 2.05) is 7.05 Å². The predicted molar refractivity (Wildman–Crippen MR) is 65.2 cm³/mol. The summed E-state index contributed by atoms with van der Waals surface area (Å²) in [6.45, 7) is 5.14. The van der Waals surface area contributed by atoms with E-state index >= 15 is 0 Å². The number of aliphatic hydroxyl groups excluding tert-OH is 1. The molecule has 0 bridgehead atoms. The van der Waals surface area contributed by atoms with Crippen LogP contribution in [0.25, 0.3) is 0 Å².